The summed E-state index contributed by atoms with van der Waals surface area (Å²) in [6, 6.07) is 8.67. The molecule has 1 amide bonds. The summed E-state index contributed by atoms with van der Waals surface area (Å²) in [6.07, 6.45) is 0.0764. The average molecular weight is 246 g/mol. The molecule has 0 atom stereocenters. The summed E-state index contributed by atoms with van der Waals surface area (Å²) < 4.78 is 4.72. The zero-order valence-electron chi connectivity index (χ0n) is 10.1. The number of hydrogen-bond acceptors (Lipinski definition) is 4. The number of benzene rings is 1. The third-order valence-corrected chi connectivity index (χ3v) is 2.18. The first kappa shape index (κ1) is 13.7. The standard InChI is InChI=1S/C13H14N2O3/c1-2-18-13(17)8-7-12(16)15-11-6-4-3-5-10(11)9-14/h3-6H,2,7-8H2,1H3,(H,15,16). The normalized spacial score (nSPS) is 9.33. The summed E-state index contributed by atoms with van der Waals surface area (Å²) in [5, 5.41) is 11.4. The molecule has 0 unspecified atom stereocenters. The third-order valence-electron chi connectivity index (χ3n) is 2.18. The lowest BCUT2D eigenvalue weighted by Crippen LogP contribution is -2.15. The summed E-state index contributed by atoms with van der Waals surface area (Å²) in [5.41, 5.74) is 0.843. The van der Waals surface area contributed by atoms with Gasteiger partial charge in [-0.2, -0.15) is 5.26 Å². The van der Waals surface area contributed by atoms with Gasteiger partial charge in [0.2, 0.25) is 5.91 Å². The van der Waals surface area contributed by atoms with Crippen molar-refractivity contribution in [2.75, 3.05) is 11.9 Å². The summed E-state index contributed by atoms with van der Waals surface area (Å²) in [4.78, 5) is 22.6. The second kappa shape index (κ2) is 7.07. The lowest BCUT2D eigenvalue weighted by atomic mass is 10.2. The molecule has 0 radical (unpaired) electrons. The molecule has 0 aliphatic heterocycles. The van der Waals surface area contributed by atoms with Crippen LogP contribution >= 0.6 is 0 Å². The highest BCUT2D eigenvalue weighted by Gasteiger charge is 2.09. The minimum absolute atomic E-state index is 0.0361. The Bertz CT molecular complexity index is 477. The molecule has 0 aliphatic rings. The molecule has 1 rings (SSSR count). The van der Waals surface area contributed by atoms with Crippen LogP contribution in [0.5, 0.6) is 0 Å². The minimum atomic E-state index is -0.402. The number of rotatable bonds is 5. The molecule has 0 aliphatic carbocycles. The molecule has 5 nitrogen and oxygen atoms in total. The van der Waals surface area contributed by atoms with E-state index in [1.807, 2.05) is 6.07 Å². The second-order valence-electron chi connectivity index (χ2n) is 3.51. The zero-order valence-corrected chi connectivity index (χ0v) is 10.1. The van der Waals surface area contributed by atoms with Crippen LogP contribution in [0.25, 0.3) is 0 Å². The van der Waals surface area contributed by atoms with Crippen LogP contribution < -0.4 is 5.32 Å². The fourth-order valence-electron chi connectivity index (χ4n) is 1.35. The number of anilines is 1. The van der Waals surface area contributed by atoms with Gasteiger partial charge >= 0.3 is 5.97 Å². The molecule has 0 heterocycles. The van der Waals surface area contributed by atoms with Gasteiger partial charge in [0, 0.05) is 6.42 Å². The fraction of sp³-hybridized carbons (Fsp3) is 0.308. The van der Waals surface area contributed by atoms with Crippen LogP contribution in [0.2, 0.25) is 0 Å². The molecule has 0 saturated heterocycles. The maximum absolute atomic E-state index is 11.6. The molecule has 1 N–H and O–H groups in total. The smallest absolute Gasteiger partial charge is 0.306 e. The van der Waals surface area contributed by atoms with E-state index in [0.717, 1.165) is 0 Å². The topological polar surface area (TPSA) is 79.2 Å². The monoisotopic (exact) mass is 246 g/mol. The van der Waals surface area contributed by atoms with E-state index in [1.54, 1.807) is 31.2 Å². The highest BCUT2D eigenvalue weighted by molar-refractivity contribution is 5.93. The van der Waals surface area contributed by atoms with Crippen LogP contribution in [0.15, 0.2) is 24.3 Å². The van der Waals surface area contributed by atoms with Crippen molar-refractivity contribution >= 4 is 17.6 Å². The van der Waals surface area contributed by atoms with Crippen molar-refractivity contribution in [3.05, 3.63) is 29.8 Å². The van der Waals surface area contributed by atoms with Crippen molar-refractivity contribution in [3.63, 3.8) is 0 Å². The fourth-order valence-corrected chi connectivity index (χ4v) is 1.35. The second-order valence-corrected chi connectivity index (χ2v) is 3.51. The van der Waals surface area contributed by atoms with E-state index in [4.69, 9.17) is 10.00 Å². The predicted octanol–water partition coefficient (Wildman–Crippen LogP) is 1.84. The first-order chi connectivity index (χ1) is 8.67. The molecule has 1 aromatic rings. The first-order valence-corrected chi connectivity index (χ1v) is 5.62. The van der Waals surface area contributed by atoms with Gasteiger partial charge in [-0.15, -0.1) is 0 Å². The van der Waals surface area contributed by atoms with Gasteiger partial charge in [-0.25, -0.2) is 0 Å². The van der Waals surface area contributed by atoms with Gasteiger partial charge in [0.15, 0.2) is 0 Å². The van der Waals surface area contributed by atoms with Crippen molar-refractivity contribution < 1.29 is 14.3 Å². The Morgan fingerprint density at radius 2 is 2.06 bits per heavy atom. The SMILES string of the molecule is CCOC(=O)CCC(=O)Nc1ccccc1C#N. The van der Waals surface area contributed by atoms with Crippen LogP contribution in [-0.2, 0) is 14.3 Å². The molecule has 1 aromatic carbocycles. The summed E-state index contributed by atoms with van der Waals surface area (Å²) in [5.74, 6) is -0.716. The average Bonchev–Trinajstić information content (AvgIpc) is 2.37. The van der Waals surface area contributed by atoms with E-state index >= 15 is 0 Å². The molecule has 0 fully saturated rings. The van der Waals surface area contributed by atoms with Crippen LogP contribution in [0.1, 0.15) is 25.3 Å². The largest absolute Gasteiger partial charge is 0.466 e. The van der Waals surface area contributed by atoms with E-state index in [9.17, 15) is 9.59 Å². The Balaban J connectivity index is 2.50. The van der Waals surface area contributed by atoms with Crippen molar-refractivity contribution in [2.24, 2.45) is 0 Å². The number of esters is 1. The number of carbonyl (C=O) groups is 2. The summed E-state index contributed by atoms with van der Waals surface area (Å²) in [6.45, 7) is 2.01. The molecule has 0 saturated carbocycles. The molecule has 0 bridgehead atoms. The van der Waals surface area contributed by atoms with E-state index in [2.05, 4.69) is 5.32 Å². The number of para-hydroxylation sites is 1. The number of ether oxygens (including phenoxy) is 1. The van der Waals surface area contributed by atoms with Crippen LogP contribution in [-0.4, -0.2) is 18.5 Å². The highest BCUT2D eigenvalue weighted by Crippen LogP contribution is 2.13. The van der Waals surface area contributed by atoms with Crippen LogP contribution in [0, 0.1) is 11.3 Å². The van der Waals surface area contributed by atoms with Crippen LogP contribution in [0.3, 0.4) is 0 Å². The number of carbonyl (C=O) groups excluding carboxylic acids is 2. The highest BCUT2D eigenvalue weighted by atomic mass is 16.5. The maximum atomic E-state index is 11.6. The Morgan fingerprint density at radius 3 is 2.72 bits per heavy atom. The number of nitrogens with zero attached hydrogens (tertiary/aromatic N) is 1. The molecule has 5 heteroatoms. The molecular weight excluding hydrogens is 232 g/mol. The third kappa shape index (κ3) is 4.26. The van der Waals surface area contributed by atoms with Gasteiger partial charge in [0.1, 0.15) is 6.07 Å². The van der Waals surface area contributed by atoms with Gasteiger partial charge in [-0.05, 0) is 19.1 Å². The molecule has 0 spiro atoms. The Kier molecular flexibility index (Phi) is 5.39. The number of nitrogens with one attached hydrogen (secondary N) is 1. The van der Waals surface area contributed by atoms with Gasteiger partial charge in [0.05, 0.1) is 24.3 Å². The molecule has 94 valence electrons. The van der Waals surface area contributed by atoms with Crippen LogP contribution in [0.4, 0.5) is 5.69 Å². The van der Waals surface area contributed by atoms with Crippen molar-refractivity contribution in [3.8, 4) is 6.07 Å². The van der Waals surface area contributed by atoms with Gasteiger partial charge in [-0.3, -0.25) is 9.59 Å². The van der Waals surface area contributed by atoms with Crippen molar-refractivity contribution in [1.82, 2.24) is 0 Å². The summed E-state index contributed by atoms with van der Waals surface area (Å²) in [7, 11) is 0. The Hall–Kier alpha value is -2.35. The molecule has 0 aromatic heterocycles. The lowest BCUT2D eigenvalue weighted by Gasteiger charge is -2.06. The van der Waals surface area contributed by atoms with E-state index in [1.165, 1.54) is 0 Å². The van der Waals surface area contributed by atoms with E-state index < -0.39 is 5.97 Å². The minimum Gasteiger partial charge on any atom is -0.466 e. The molecular formula is C13H14N2O3. The van der Waals surface area contributed by atoms with Crippen molar-refractivity contribution in [2.45, 2.75) is 19.8 Å². The van der Waals surface area contributed by atoms with Gasteiger partial charge in [-0.1, -0.05) is 12.1 Å². The summed E-state index contributed by atoms with van der Waals surface area (Å²) >= 11 is 0. The quantitative estimate of drug-likeness (QED) is 0.804. The van der Waals surface area contributed by atoms with Gasteiger partial charge < -0.3 is 10.1 Å². The maximum Gasteiger partial charge on any atom is 0.306 e. The molecule has 18 heavy (non-hydrogen) atoms. The number of amides is 1. The van der Waals surface area contributed by atoms with E-state index in [-0.39, 0.29) is 18.7 Å². The predicted molar refractivity (Wildman–Crippen MR) is 65.7 cm³/mol. The Morgan fingerprint density at radius 1 is 1.33 bits per heavy atom. The lowest BCUT2D eigenvalue weighted by molar-refractivity contribution is -0.144. The van der Waals surface area contributed by atoms with Crippen molar-refractivity contribution in [1.29, 1.82) is 5.26 Å². The van der Waals surface area contributed by atoms with Gasteiger partial charge in [0.25, 0.3) is 0 Å². The van der Waals surface area contributed by atoms with E-state index in [0.29, 0.717) is 17.9 Å². The first-order valence-electron chi connectivity index (χ1n) is 5.62. The zero-order chi connectivity index (χ0) is 13.4. The number of nitriles is 1. The Labute approximate surface area is 105 Å². The number of hydrogen-bond donors (Lipinski definition) is 1.